The van der Waals surface area contributed by atoms with E-state index < -0.39 is 0 Å². The Kier molecular flexibility index (Phi) is 4.87. The first kappa shape index (κ1) is 14.4. The highest BCUT2D eigenvalue weighted by atomic mass is 35.5. The van der Waals surface area contributed by atoms with Crippen molar-refractivity contribution in [3.63, 3.8) is 0 Å². The first-order chi connectivity index (χ1) is 9.06. The molecule has 0 spiro atoms. The molecule has 3 heteroatoms. The van der Waals surface area contributed by atoms with Crippen LogP contribution in [0.3, 0.4) is 0 Å². The molecule has 2 rings (SSSR count). The second kappa shape index (κ2) is 6.42. The van der Waals surface area contributed by atoms with E-state index in [2.05, 4.69) is 25.2 Å². The van der Waals surface area contributed by atoms with Crippen LogP contribution in [0.25, 0.3) is 11.1 Å². The van der Waals surface area contributed by atoms with Crippen LogP contribution in [-0.2, 0) is 6.54 Å². The summed E-state index contributed by atoms with van der Waals surface area (Å²) >= 11 is 12.0. The van der Waals surface area contributed by atoms with E-state index in [9.17, 15) is 0 Å². The third kappa shape index (κ3) is 3.97. The van der Waals surface area contributed by atoms with Gasteiger partial charge in [-0.1, -0.05) is 55.2 Å². The fourth-order valence-electron chi connectivity index (χ4n) is 1.92. The third-order valence-corrected chi connectivity index (χ3v) is 3.41. The topological polar surface area (TPSA) is 12.0 Å². The Morgan fingerprint density at radius 2 is 1.58 bits per heavy atom. The summed E-state index contributed by atoms with van der Waals surface area (Å²) in [7, 11) is 0. The molecule has 0 radical (unpaired) electrons. The number of benzene rings is 2. The number of hydrogen-bond donors (Lipinski definition) is 1. The minimum atomic E-state index is 0.453. The van der Waals surface area contributed by atoms with Crippen molar-refractivity contribution >= 4 is 23.2 Å². The normalized spacial score (nSPS) is 11.0. The number of hydrogen-bond acceptors (Lipinski definition) is 1. The Hall–Kier alpha value is -1.02. The molecule has 2 aromatic carbocycles. The summed E-state index contributed by atoms with van der Waals surface area (Å²) in [4.78, 5) is 0. The molecule has 0 aliphatic carbocycles. The Morgan fingerprint density at radius 3 is 2.21 bits per heavy atom. The van der Waals surface area contributed by atoms with Crippen molar-refractivity contribution in [3.8, 4) is 11.1 Å². The van der Waals surface area contributed by atoms with Crippen LogP contribution < -0.4 is 5.32 Å². The fourth-order valence-corrected chi connectivity index (χ4v) is 2.21. The van der Waals surface area contributed by atoms with Crippen molar-refractivity contribution in [2.75, 3.05) is 0 Å². The molecule has 0 unspecified atom stereocenters. The summed E-state index contributed by atoms with van der Waals surface area (Å²) < 4.78 is 0. The molecule has 0 aliphatic rings. The van der Waals surface area contributed by atoms with Gasteiger partial charge in [0.15, 0.2) is 0 Å². The molecular weight excluding hydrogens is 277 g/mol. The molecule has 100 valence electrons. The molecule has 0 amide bonds. The van der Waals surface area contributed by atoms with Crippen molar-refractivity contribution in [3.05, 3.63) is 58.1 Å². The minimum Gasteiger partial charge on any atom is -0.310 e. The van der Waals surface area contributed by atoms with Crippen LogP contribution in [0.5, 0.6) is 0 Å². The van der Waals surface area contributed by atoms with E-state index in [-0.39, 0.29) is 0 Å². The van der Waals surface area contributed by atoms with Gasteiger partial charge in [0.1, 0.15) is 0 Å². The summed E-state index contributed by atoms with van der Waals surface area (Å²) in [5.41, 5.74) is 3.52. The lowest BCUT2D eigenvalue weighted by molar-refractivity contribution is 0.589. The van der Waals surface area contributed by atoms with Gasteiger partial charge in [0.25, 0.3) is 0 Å². The lowest BCUT2D eigenvalue weighted by atomic mass is 9.99. The largest absolute Gasteiger partial charge is 0.310 e. The number of nitrogens with one attached hydrogen (secondary N) is 1. The molecule has 1 N–H and O–H groups in total. The van der Waals surface area contributed by atoms with Gasteiger partial charge in [-0.05, 0) is 41.0 Å². The number of rotatable bonds is 4. The highest BCUT2D eigenvalue weighted by Crippen LogP contribution is 2.28. The van der Waals surface area contributed by atoms with E-state index in [4.69, 9.17) is 23.2 Å². The Balaban J connectivity index is 2.36. The molecule has 19 heavy (non-hydrogen) atoms. The van der Waals surface area contributed by atoms with Gasteiger partial charge in [0.2, 0.25) is 0 Å². The molecular formula is C16H17Cl2N. The monoisotopic (exact) mass is 293 g/mol. The SMILES string of the molecule is CC(C)NCc1ccc(Cl)cc1-c1ccc(Cl)cc1. The zero-order chi connectivity index (χ0) is 13.8. The van der Waals surface area contributed by atoms with E-state index >= 15 is 0 Å². The van der Waals surface area contributed by atoms with E-state index in [0.29, 0.717) is 6.04 Å². The maximum Gasteiger partial charge on any atom is 0.0412 e. The van der Waals surface area contributed by atoms with Crippen molar-refractivity contribution < 1.29 is 0 Å². The van der Waals surface area contributed by atoms with Gasteiger partial charge in [-0.15, -0.1) is 0 Å². The molecule has 1 nitrogen and oxygen atoms in total. The molecule has 0 aliphatic heterocycles. The van der Waals surface area contributed by atoms with Gasteiger partial charge in [0.05, 0.1) is 0 Å². The highest BCUT2D eigenvalue weighted by molar-refractivity contribution is 6.31. The summed E-state index contributed by atoms with van der Waals surface area (Å²) in [6, 6.07) is 14.3. The molecule has 0 aromatic heterocycles. The predicted molar refractivity (Wildman–Crippen MR) is 83.9 cm³/mol. The maximum absolute atomic E-state index is 6.11. The molecule has 0 saturated heterocycles. The molecule has 0 saturated carbocycles. The van der Waals surface area contributed by atoms with Crippen LogP contribution in [0.1, 0.15) is 19.4 Å². The quantitative estimate of drug-likeness (QED) is 0.821. The second-order valence-electron chi connectivity index (χ2n) is 4.84. The van der Waals surface area contributed by atoms with Crippen LogP contribution in [-0.4, -0.2) is 6.04 Å². The van der Waals surface area contributed by atoms with Crippen molar-refractivity contribution in [2.45, 2.75) is 26.4 Å². The summed E-state index contributed by atoms with van der Waals surface area (Å²) in [6.45, 7) is 5.10. The summed E-state index contributed by atoms with van der Waals surface area (Å²) in [5.74, 6) is 0. The highest BCUT2D eigenvalue weighted by Gasteiger charge is 2.07. The Labute approximate surface area is 124 Å². The van der Waals surface area contributed by atoms with Crippen LogP contribution >= 0.6 is 23.2 Å². The maximum atomic E-state index is 6.11. The lowest BCUT2D eigenvalue weighted by Gasteiger charge is -2.13. The van der Waals surface area contributed by atoms with Gasteiger partial charge in [-0.2, -0.15) is 0 Å². The standard InChI is InChI=1S/C16H17Cl2N/c1-11(2)19-10-13-5-8-15(18)9-16(13)12-3-6-14(17)7-4-12/h3-9,11,19H,10H2,1-2H3. The van der Waals surface area contributed by atoms with E-state index in [1.54, 1.807) is 0 Å². The summed E-state index contributed by atoms with van der Waals surface area (Å²) in [5, 5.41) is 4.93. The minimum absolute atomic E-state index is 0.453. The molecule has 0 atom stereocenters. The van der Waals surface area contributed by atoms with Crippen LogP contribution in [0.2, 0.25) is 10.0 Å². The van der Waals surface area contributed by atoms with Gasteiger partial charge in [-0.25, -0.2) is 0 Å². The van der Waals surface area contributed by atoms with Crippen molar-refractivity contribution in [1.82, 2.24) is 5.32 Å². The van der Waals surface area contributed by atoms with Crippen LogP contribution in [0.15, 0.2) is 42.5 Å². The fraction of sp³-hybridized carbons (Fsp3) is 0.250. The molecule has 2 aromatic rings. The van der Waals surface area contributed by atoms with Gasteiger partial charge in [-0.3, -0.25) is 0 Å². The average Bonchev–Trinajstić information content (AvgIpc) is 2.38. The smallest absolute Gasteiger partial charge is 0.0412 e. The molecule has 0 fully saturated rings. The number of halogens is 2. The lowest BCUT2D eigenvalue weighted by Crippen LogP contribution is -2.22. The van der Waals surface area contributed by atoms with E-state index in [1.807, 2.05) is 36.4 Å². The van der Waals surface area contributed by atoms with Gasteiger partial charge < -0.3 is 5.32 Å². The Bertz CT molecular complexity index is 547. The van der Waals surface area contributed by atoms with Crippen LogP contribution in [0, 0.1) is 0 Å². The first-order valence-corrected chi connectivity index (χ1v) is 7.09. The van der Waals surface area contributed by atoms with Gasteiger partial charge in [0, 0.05) is 22.6 Å². The predicted octanol–water partition coefficient (Wildman–Crippen LogP) is 5.16. The van der Waals surface area contributed by atoms with Crippen LogP contribution in [0.4, 0.5) is 0 Å². The zero-order valence-corrected chi connectivity index (χ0v) is 12.6. The zero-order valence-electron chi connectivity index (χ0n) is 11.1. The summed E-state index contributed by atoms with van der Waals surface area (Å²) in [6.07, 6.45) is 0. The molecule has 0 bridgehead atoms. The first-order valence-electron chi connectivity index (χ1n) is 6.34. The third-order valence-electron chi connectivity index (χ3n) is 2.93. The second-order valence-corrected chi connectivity index (χ2v) is 5.72. The average molecular weight is 294 g/mol. The Morgan fingerprint density at radius 1 is 0.947 bits per heavy atom. The van der Waals surface area contributed by atoms with Crippen molar-refractivity contribution in [2.24, 2.45) is 0 Å². The van der Waals surface area contributed by atoms with E-state index in [1.165, 1.54) is 5.56 Å². The molecule has 0 heterocycles. The van der Waals surface area contributed by atoms with Crippen molar-refractivity contribution in [1.29, 1.82) is 0 Å². The van der Waals surface area contributed by atoms with E-state index in [0.717, 1.165) is 27.7 Å². The van der Waals surface area contributed by atoms with Gasteiger partial charge >= 0.3 is 0 Å².